The lowest BCUT2D eigenvalue weighted by Gasteiger charge is -2.33. The molecule has 2 amide bonds. The number of benzene rings is 3. The summed E-state index contributed by atoms with van der Waals surface area (Å²) in [5, 5.41) is 3.28. The van der Waals surface area contributed by atoms with E-state index in [1.165, 1.54) is 6.42 Å². The van der Waals surface area contributed by atoms with Gasteiger partial charge in [0, 0.05) is 23.5 Å². The molecule has 1 atom stereocenters. The number of hydrogen-bond donors (Lipinski definition) is 1. The Hall–Kier alpha value is -3.12. The van der Waals surface area contributed by atoms with Crippen molar-refractivity contribution in [2.75, 3.05) is 6.61 Å². The van der Waals surface area contributed by atoms with Gasteiger partial charge >= 0.3 is 0 Å². The van der Waals surface area contributed by atoms with Crippen LogP contribution in [-0.4, -0.2) is 35.4 Å². The smallest absolute Gasteiger partial charge is 0.261 e. The largest absolute Gasteiger partial charge is 0.483 e. The van der Waals surface area contributed by atoms with Gasteiger partial charge in [0.1, 0.15) is 11.8 Å². The van der Waals surface area contributed by atoms with E-state index >= 15 is 0 Å². The topological polar surface area (TPSA) is 58.6 Å². The van der Waals surface area contributed by atoms with E-state index < -0.39 is 6.04 Å². The molecule has 1 fully saturated rings. The van der Waals surface area contributed by atoms with Gasteiger partial charge in [-0.3, -0.25) is 9.59 Å². The van der Waals surface area contributed by atoms with Crippen LogP contribution in [0.1, 0.15) is 54.4 Å². The predicted molar refractivity (Wildman–Crippen MR) is 155 cm³/mol. The zero-order chi connectivity index (χ0) is 26.9. The lowest BCUT2D eigenvalue weighted by Crippen LogP contribution is -2.53. The first kappa shape index (κ1) is 27.9. The van der Waals surface area contributed by atoms with E-state index in [2.05, 4.69) is 21.2 Å². The Bertz CT molecular complexity index is 1210. The molecule has 1 saturated carbocycles. The summed E-state index contributed by atoms with van der Waals surface area (Å²) in [6, 6.07) is 23.3. The lowest BCUT2D eigenvalue weighted by atomic mass is 9.94. The van der Waals surface area contributed by atoms with Crippen LogP contribution < -0.4 is 10.1 Å². The quantitative estimate of drug-likeness (QED) is 0.298. The number of carbonyl (C=O) groups excluding carboxylic acids is 2. The molecule has 1 unspecified atom stereocenters. The number of carbonyl (C=O) groups is 2. The molecule has 1 aliphatic carbocycles. The second-order valence-electron chi connectivity index (χ2n) is 10.3. The number of amides is 2. The molecule has 1 N–H and O–H groups in total. The zero-order valence-corrected chi connectivity index (χ0v) is 23.9. The SMILES string of the molecule is Cc1ccc(C)c(OCC(=O)N(Cc2ccc(Br)cc2)C(Cc2ccccc2)C(=O)NC2CCCCC2)c1. The minimum atomic E-state index is -0.655. The molecule has 0 spiro atoms. The number of hydrogen-bond acceptors (Lipinski definition) is 3. The molecule has 0 aliphatic heterocycles. The van der Waals surface area contributed by atoms with Crippen LogP contribution in [0.4, 0.5) is 0 Å². The van der Waals surface area contributed by atoms with Gasteiger partial charge in [-0.25, -0.2) is 0 Å². The van der Waals surface area contributed by atoms with Crippen molar-refractivity contribution in [1.82, 2.24) is 10.2 Å². The fraction of sp³-hybridized carbons (Fsp3) is 0.375. The number of nitrogens with zero attached hydrogens (tertiary/aromatic N) is 1. The minimum Gasteiger partial charge on any atom is -0.483 e. The molecular weight excluding hydrogens is 540 g/mol. The van der Waals surface area contributed by atoms with Crippen LogP contribution in [0.25, 0.3) is 0 Å². The Balaban J connectivity index is 1.62. The van der Waals surface area contributed by atoms with Crippen LogP contribution in [0, 0.1) is 13.8 Å². The number of nitrogens with one attached hydrogen (secondary N) is 1. The highest BCUT2D eigenvalue weighted by Crippen LogP contribution is 2.22. The number of aryl methyl sites for hydroxylation is 2. The molecule has 0 heterocycles. The highest BCUT2D eigenvalue weighted by Gasteiger charge is 2.32. The first-order valence-corrected chi connectivity index (χ1v) is 14.3. The summed E-state index contributed by atoms with van der Waals surface area (Å²) in [7, 11) is 0. The van der Waals surface area contributed by atoms with E-state index in [-0.39, 0.29) is 24.5 Å². The number of halogens is 1. The fourth-order valence-electron chi connectivity index (χ4n) is 4.97. The molecule has 0 saturated heterocycles. The first-order valence-electron chi connectivity index (χ1n) is 13.5. The fourth-order valence-corrected chi connectivity index (χ4v) is 5.23. The van der Waals surface area contributed by atoms with Gasteiger partial charge in [-0.1, -0.05) is 89.8 Å². The molecule has 5 nitrogen and oxygen atoms in total. The third kappa shape index (κ3) is 7.94. The Morgan fingerprint density at radius 1 is 0.947 bits per heavy atom. The normalized spacial score (nSPS) is 14.5. The molecule has 200 valence electrons. The molecule has 0 aromatic heterocycles. The summed E-state index contributed by atoms with van der Waals surface area (Å²) in [4.78, 5) is 29.3. The first-order chi connectivity index (χ1) is 18.4. The highest BCUT2D eigenvalue weighted by atomic mass is 79.9. The Morgan fingerprint density at radius 2 is 1.66 bits per heavy atom. The molecule has 0 radical (unpaired) electrons. The van der Waals surface area contributed by atoms with Gasteiger partial charge in [0.25, 0.3) is 5.91 Å². The predicted octanol–water partition coefficient (Wildman–Crippen LogP) is 6.53. The Labute approximate surface area is 234 Å². The van der Waals surface area contributed by atoms with Gasteiger partial charge in [-0.05, 0) is 67.1 Å². The van der Waals surface area contributed by atoms with Crippen LogP contribution in [0.5, 0.6) is 5.75 Å². The van der Waals surface area contributed by atoms with Gasteiger partial charge < -0.3 is 15.0 Å². The third-order valence-corrected chi connectivity index (χ3v) is 7.71. The molecule has 6 heteroatoms. The van der Waals surface area contributed by atoms with E-state index in [9.17, 15) is 9.59 Å². The van der Waals surface area contributed by atoms with Gasteiger partial charge in [0.2, 0.25) is 5.91 Å². The van der Waals surface area contributed by atoms with Gasteiger partial charge in [0.15, 0.2) is 6.61 Å². The zero-order valence-electron chi connectivity index (χ0n) is 22.3. The van der Waals surface area contributed by atoms with Crippen LogP contribution in [0.15, 0.2) is 77.3 Å². The van der Waals surface area contributed by atoms with E-state index in [4.69, 9.17) is 4.74 Å². The van der Waals surface area contributed by atoms with E-state index in [0.29, 0.717) is 18.7 Å². The van der Waals surface area contributed by atoms with Crippen molar-refractivity contribution in [1.29, 1.82) is 0 Å². The van der Waals surface area contributed by atoms with Gasteiger partial charge in [-0.15, -0.1) is 0 Å². The number of ether oxygens (including phenoxy) is 1. The van der Waals surface area contributed by atoms with E-state index in [0.717, 1.165) is 52.4 Å². The van der Waals surface area contributed by atoms with Crippen molar-refractivity contribution in [3.8, 4) is 5.75 Å². The van der Waals surface area contributed by atoms with Crippen LogP contribution in [-0.2, 0) is 22.6 Å². The van der Waals surface area contributed by atoms with Crippen molar-refractivity contribution in [2.45, 2.75) is 71.0 Å². The van der Waals surface area contributed by atoms with Crippen molar-refractivity contribution >= 4 is 27.7 Å². The molecule has 38 heavy (non-hydrogen) atoms. The number of rotatable bonds is 10. The van der Waals surface area contributed by atoms with Crippen LogP contribution in [0.3, 0.4) is 0 Å². The average Bonchev–Trinajstić information content (AvgIpc) is 2.93. The average molecular weight is 578 g/mol. The van der Waals surface area contributed by atoms with Gasteiger partial charge in [0.05, 0.1) is 0 Å². The molecule has 3 aromatic rings. The molecule has 0 bridgehead atoms. The minimum absolute atomic E-state index is 0.0991. The van der Waals surface area contributed by atoms with Crippen molar-refractivity contribution in [2.24, 2.45) is 0 Å². The summed E-state index contributed by atoms with van der Waals surface area (Å²) in [5.74, 6) is 0.375. The van der Waals surface area contributed by atoms with E-state index in [1.54, 1.807) is 4.90 Å². The summed E-state index contributed by atoms with van der Waals surface area (Å²) < 4.78 is 6.98. The molecule has 4 rings (SSSR count). The monoisotopic (exact) mass is 576 g/mol. The summed E-state index contributed by atoms with van der Waals surface area (Å²) >= 11 is 3.49. The maximum atomic E-state index is 13.8. The Kier molecular flexibility index (Phi) is 9.99. The summed E-state index contributed by atoms with van der Waals surface area (Å²) in [5.41, 5.74) is 4.01. The van der Waals surface area contributed by atoms with E-state index in [1.807, 2.05) is 86.6 Å². The summed E-state index contributed by atoms with van der Waals surface area (Å²) in [6.07, 6.45) is 5.87. The lowest BCUT2D eigenvalue weighted by molar-refractivity contribution is -0.143. The highest BCUT2D eigenvalue weighted by molar-refractivity contribution is 9.10. The van der Waals surface area contributed by atoms with Crippen LogP contribution >= 0.6 is 15.9 Å². The second-order valence-corrected chi connectivity index (χ2v) is 11.2. The maximum absolute atomic E-state index is 13.8. The molecule has 1 aliphatic rings. The second kappa shape index (κ2) is 13.6. The van der Waals surface area contributed by atoms with Crippen LogP contribution in [0.2, 0.25) is 0 Å². The molecular formula is C32H37BrN2O3. The van der Waals surface area contributed by atoms with Gasteiger partial charge in [-0.2, -0.15) is 0 Å². The van der Waals surface area contributed by atoms with Crippen molar-refractivity contribution in [3.63, 3.8) is 0 Å². The standard InChI is InChI=1S/C32H37BrN2O3/c1-23-13-14-24(2)30(19-23)38-22-31(36)35(21-26-15-17-27(33)18-16-26)29(20-25-9-5-3-6-10-25)32(37)34-28-11-7-4-8-12-28/h3,5-6,9-10,13-19,28-29H,4,7-8,11-12,20-22H2,1-2H3,(H,34,37). The van der Waals surface area contributed by atoms with Crippen molar-refractivity contribution < 1.29 is 14.3 Å². The molecule has 3 aromatic carbocycles. The third-order valence-electron chi connectivity index (χ3n) is 7.18. The van der Waals surface area contributed by atoms with Crippen molar-refractivity contribution in [3.05, 3.63) is 99.5 Å². The maximum Gasteiger partial charge on any atom is 0.261 e. The Morgan fingerprint density at radius 3 is 2.37 bits per heavy atom. The summed E-state index contributed by atoms with van der Waals surface area (Å²) in [6.45, 7) is 4.15.